The SMILES string of the molecule is COc1cc(Cc2nccc3c(OC(C)=O)cc(OC(C)=O)cc23)cc(OC)c1OC.Cl. The van der Waals surface area contributed by atoms with Gasteiger partial charge in [0.25, 0.3) is 0 Å². The first-order valence-electron chi connectivity index (χ1n) is 9.43. The summed E-state index contributed by atoms with van der Waals surface area (Å²) in [5.41, 5.74) is 1.55. The van der Waals surface area contributed by atoms with Gasteiger partial charge in [-0.3, -0.25) is 14.6 Å². The average Bonchev–Trinajstić information content (AvgIpc) is 2.72. The lowest BCUT2D eigenvalue weighted by Gasteiger charge is -2.15. The molecule has 0 saturated carbocycles. The van der Waals surface area contributed by atoms with Gasteiger partial charge in [-0.05, 0) is 29.8 Å². The van der Waals surface area contributed by atoms with Crippen molar-refractivity contribution in [3.05, 3.63) is 47.8 Å². The first-order valence-corrected chi connectivity index (χ1v) is 9.43. The molecule has 0 aliphatic carbocycles. The summed E-state index contributed by atoms with van der Waals surface area (Å²) in [6.07, 6.45) is 2.05. The van der Waals surface area contributed by atoms with Crippen LogP contribution in [0.2, 0.25) is 0 Å². The average molecular weight is 462 g/mol. The Morgan fingerprint density at radius 2 is 1.44 bits per heavy atom. The van der Waals surface area contributed by atoms with Crippen LogP contribution in [0, 0.1) is 0 Å². The number of hydrogen-bond acceptors (Lipinski definition) is 8. The topological polar surface area (TPSA) is 93.2 Å². The zero-order valence-electron chi connectivity index (χ0n) is 18.4. The largest absolute Gasteiger partial charge is 0.493 e. The molecule has 0 aliphatic heterocycles. The Kier molecular flexibility index (Phi) is 8.26. The minimum absolute atomic E-state index is 0. The number of benzene rings is 2. The third kappa shape index (κ3) is 5.39. The zero-order valence-corrected chi connectivity index (χ0v) is 19.2. The van der Waals surface area contributed by atoms with Crippen LogP contribution in [0.3, 0.4) is 0 Å². The Labute approximate surface area is 191 Å². The van der Waals surface area contributed by atoms with Crippen LogP contribution in [0.15, 0.2) is 36.5 Å². The van der Waals surface area contributed by atoms with Crippen molar-refractivity contribution in [3.63, 3.8) is 0 Å². The van der Waals surface area contributed by atoms with Gasteiger partial charge in [-0.1, -0.05) is 0 Å². The van der Waals surface area contributed by atoms with Gasteiger partial charge in [0.15, 0.2) is 11.5 Å². The highest BCUT2D eigenvalue weighted by molar-refractivity contribution is 5.93. The molecule has 170 valence electrons. The van der Waals surface area contributed by atoms with Gasteiger partial charge >= 0.3 is 11.9 Å². The summed E-state index contributed by atoms with van der Waals surface area (Å²) in [6.45, 7) is 2.61. The van der Waals surface area contributed by atoms with Crippen LogP contribution in [0.4, 0.5) is 0 Å². The quantitative estimate of drug-likeness (QED) is 0.383. The Morgan fingerprint density at radius 1 is 0.812 bits per heavy atom. The van der Waals surface area contributed by atoms with Crippen LogP contribution < -0.4 is 23.7 Å². The van der Waals surface area contributed by atoms with Crippen LogP contribution in [0.5, 0.6) is 28.7 Å². The Morgan fingerprint density at radius 3 is 1.97 bits per heavy atom. The number of methoxy groups -OCH3 is 3. The predicted octanol–water partition coefficient (Wildman–Crippen LogP) is 4.12. The third-order valence-corrected chi connectivity index (χ3v) is 4.51. The number of esters is 2. The molecule has 0 spiro atoms. The van der Waals surface area contributed by atoms with E-state index in [0.29, 0.717) is 40.1 Å². The van der Waals surface area contributed by atoms with E-state index < -0.39 is 11.9 Å². The molecule has 0 radical (unpaired) electrons. The monoisotopic (exact) mass is 461 g/mol. The zero-order chi connectivity index (χ0) is 22.5. The summed E-state index contributed by atoms with van der Waals surface area (Å²) in [4.78, 5) is 27.6. The lowest BCUT2D eigenvalue weighted by atomic mass is 10.0. The highest BCUT2D eigenvalue weighted by Crippen LogP contribution is 2.39. The standard InChI is InChI=1S/C23H23NO7.ClH/c1-13(25)30-16-11-18-17(20(12-16)31-14(2)26)6-7-24-19(18)8-15-9-21(27-3)23(29-5)22(10-15)28-4;/h6-7,9-12H,8H2,1-5H3;1H. The van der Waals surface area contributed by atoms with Gasteiger partial charge in [-0.2, -0.15) is 0 Å². The summed E-state index contributed by atoms with van der Waals surface area (Å²) in [5.74, 6) is 1.13. The molecule has 0 fully saturated rings. The van der Waals surface area contributed by atoms with Gasteiger partial charge in [0.1, 0.15) is 11.5 Å². The third-order valence-electron chi connectivity index (χ3n) is 4.51. The fourth-order valence-electron chi connectivity index (χ4n) is 3.32. The second-order valence-electron chi connectivity index (χ2n) is 6.67. The Hall–Kier alpha value is -3.52. The molecule has 3 aromatic rings. The molecule has 0 N–H and O–H groups in total. The van der Waals surface area contributed by atoms with E-state index in [1.54, 1.807) is 39.7 Å². The Bertz CT molecular complexity index is 1120. The number of pyridine rings is 1. The van der Waals surface area contributed by atoms with E-state index in [4.69, 9.17) is 23.7 Å². The van der Waals surface area contributed by atoms with Gasteiger partial charge < -0.3 is 23.7 Å². The van der Waals surface area contributed by atoms with Crippen molar-refractivity contribution < 1.29 is 33.3 Å². The number of carbonyl (C=O) groups excluding carboxylic acids is 2. The predicted molar refractivity (Wildman–Crippen MR) is 121 cm³/mol. The maximum absolute atomic E-state index is 11.6. The fourth-order valence-corrected chi connectivity index (χ4v) is 3.32. The number of nitrogens with zero attached hydrogens (tertiary/aromatic N) is 1. The van der Waals surface area contributed by atoms with Crippen molar-refractivity contribution in [3.8, 4) is 28.7 Å². The van der Waals surface area contributed by atoms with Crippen molar-refractivity contribution in [2.24, 2.45) is 0 Å². The van der Waals surface area contributed by atoms with Crippen molar-refractivity contribution in [1.82, 2.24) is 4.98 Å². The van der Waals surface area contributed by atoms with Crippen molar-refractivity contribution in [2.75, 3.05) is 21.3 Å². The summed E-state index contributed by atoms with van der Waals surface area (Å²) in [7, 11) is 4.64. The first-order chi connectivity index (χ1) is 14.9. The highest BCUT2D eigenvalue weighted by Gasteiger charge is 2.17. The maximum Gasteiger partial charge on any atom is 0.308 e. The molecule has 0 unspecified atom stereocenters. The van der Waals surface area contributed by atoms with E-state index in [9.17, 15) is 9.59 Å². The number of carbonyl (C=O) groups is 2. The summed E-state index contributed by atoms with van der Waals surface area (Å²) in [5, 5.41) is 1.36. The molecule has 8 nitrogen and oxygen atoms in total. The Balaban J connectivity index is 0.00000363. The molecule has 1 aromatic heterocycles. The molecule has 0 atom stereocenters. The molecule has 32 heavy (non-hydrogen) atoms. The van der Waals surface area contributed by atoms with Crippen molar-refractivity contribution in [1.29, 1.82) is 0 Å². The maximum atomic E-state index is 11.6. The molecule has 9 heteroatoms. The smallest absolute Gasteiger partial charge is 0.308 e. The van der Waals surface area contributed by atoms with Crippen molar-refractivity contribution in [2.45, 2.75) is 20.3 Å². The normalized spacial score (nSPS) is 10.2. The number of ether oxygens (including phenoxy) is 5. The van der Waals surface area contributed by atoms with E-state index in [2.05, 4.69) is 4.98 Å². The minimum atomic E-state index is -0.483. The summed E-state index contributed by atoms with van der Waals surface area (Å²) < 4.78 is 26.8. The molecular formula is C23H24ClNO7. The summed E-state index contributed by atoms with van der Waals surface area (Å²) >= 11 is 0. The molecule has 0 saturated heterocycles. The van der Waals surface area contributed by atoms with Crippen LogP contribution >= 0.6 is 12.4 Å². The molecule has 2 aromatic carbocycles. The van der Waals surface area contributed by atoms with E-state index >= 15 is 0 Å². The molecular weight excluding hydrogens is 438 g/mol. The van der Waals surface area contributed by atoms with E-state index in [1.165, 1.54) is 19.9 Å². The molecule has 1 heterocycles. The van der Waals surface area contributed by atoms with Crippen molar-refractivity contribution >= 4 is 35.1 Å². The van der Waals surface area contributed by atoms with Gasteiger partial charge in [0.2, 0.25) is 5.75 Å². The van der Waals surface area contributed by atoms with Crippen LogP contribution in [0.25, 0.3) is 10.8 Å². The number of fused-ring (bicyclic) bond motifs is 1. The van der Waals surface area contributed by atoms with E-state index in [-0.39, 0.29) is 23.9 Å². The highest BCUT2D eigenvalue weighted by atomic mass is 35.5. The van der Waals surface area contributed by atoms with Gasteiger partial charge in [0.05, 0.1) is 27.0 Å². The number of halogens is 1. The van der Waals surface area contributed by atoms with Crippen LogP contribution in [0.1, 0.15) is 25.1 Å². The summed E-state index contributed by atoms with van der Waals surface area (Å²) in [6, 6.07) is 8.62. The molecule has 3 rings (SSSR count). The van der Waals surface area contributed by atoms with E-state index in [0.717, 1.165) is 5.56 Å². The first kappa shape index (κ1) is 24.7. The fraction of sp³-hybridized carbons (Fsp3) is 0.261. The lowest BCUT2D eigenvalue weighted by molar-refractivity contribution is -0.132. The van der Waals surface area contributed by atoms with E-state index in [1.807, 2.05) is 12.1 Å². The van der Waals surface area contributed by atoms with Crippen LogP contribution in [-0.4, -0.2) is 38.3 Å². The second kappa shape index (κ2) is 10.7. The van der Waals surface area contributed by atoms with Gasteiger partial charge in [-0.25, -0.2) is 0 Å². The lowest BCUT2D eigenvalue weighted by Crippen LogP contribution is -2.06. The number of hydrogen-bond donors (Lipinski definition) is 0. The van der Waals surface area contributed by atoms with Crippen LogP contribution in [-0.2, 0) is 16.0 Å². The van der Waals surface area contributed by atoms with Gasteiger partial charge in [-0.15, -0.1) is 12.4 Å². The minimum Gasteiger partial charge on any atom is -0.493 e. The van der Waals surface area contributed by atoms with Gasteiger partial charge in [0, 0.05) is 43.3 Å². The molecule has 0 aliphatic rings. The molecule has 0 bridgehead atoms. The second-order valence-corrected chi connectivity index (χ2v) is 6.67. The number of rotatable bonds is 7. The molecule has 0 amide bonds. The number of aromatic nitrogens is 1.